The lowest BCUT2D eigenvalue weighted by Crippen LogP contribution is -1.96. The molecule has 0 aliphatic heterocycles. The summed E-state index contributed by atoms with van der Waals surface area (Å²) in [6, 6.07) is 0. The van der Waals surface area contributed by atoms with Gasteiger partial charge in [-0.15, -0.1) is 0 Å². The smallest absolute Gasteiger partial charge is 0.113 e. The molecule has 0 saturated carbocycles. The van der Waals surface area contributed by atoms with E-state index in [2.05, 4.69) is 6.58 Å². The van der Waals surface area contributed by atoms with Crippen molar-refractivity contribution >= 4 is 0 Å². The average Bonchev–Trinajstić information content (AvgIpc) is 1.68. The van der Waals surface area contributed by atoms with Crippen LogP contribution < -0.4 is 0 Å². The van der Waals surface area contributed by atoms with Gasteiger partial charge in [0.25, 0.3) is 0 Å². The van der Waals surface area contributed by atoms with Crippen molar-refractivity contribution in [2.24, 2.45) is 0 Å². The van der Waals surface area contributed by atoms with Crippen molar-refractivity contribution in [1.82, 2.24) is 0 Å². The molecule has 0 aromatic rings. The summed E-state index contributed by atoms with van der Waals surface area (Å²) in [6.45, 7) is 7.35. The number of hydrogen-bond acceptors (Lipinski definition) is 1. The molecule has 0 radical (unpaired) electrons. The summed E-state index contributed by atoms with van der Waals surface area (Å²) in [5.41, 5.74) is 0. The maximum absolute atomic E-state index is 4.96. The fourth-order valence-electron chi connectivity index (χ4n) is 0.468. The second-order valence-electron chi connectivity index (χ2n) is 1.53. The molecule has 1 nitrogen and oxygen atoms in total. The van der Waals surface area contributed by atoms with Crippen LogP contribution in [0.5, 0.6) is 0 Å². The van der Waals surface area contributed by atoms with Crippen molar-refractivity contribution in [2.45, 2.75) is 20.0 Å². The molecule has 0 unspecified atom stereocenters. The topological polar surface area (TPSA) is 9.23 Å². The summed E-state index contributed by atoms with van der Waals surface area (Å²) < 4.78 is 4.96. The molecule has 0 saturated heterocycles. The van der Waals surface area contributed by atoms with Crippen molar-refractivity contribution in [1.29, 1.82) is 0 Å². The fraction of sp³-hybridized carbons (Fsp3) is 0.429. The van der Waals surface area contributed by atoms with Crippen molar-refractivity contribution < 1.29 is 4.74 Å². The Labute approximate surface area is 50.7 Å². The Balaban J connectivity index is 3.31. The minimum Gasteiger partial charge on any atom is -0.495 e. The van der Waals surface area contributed by atoms with Crippen LogP contribution in [0, 0.1) is 0 Å². The van der Waals surface area contributed by atoms with Gasteiger partial charge in [-0.25, -0.2) is 0 Å². The Morgan fingerprint density at radius 2 is 2.25 bits per heavy atom. The highest BCUT2D eigenvalue weighted by Crippen LogP contribution is 1.90. The minimum absolute atomic E-state index is 0.164. The highest BCUT2D eigenvalue weighted by atomic mass is 16.5. The van der Waals surface area contributed by atoms with Gasteiger partial charge in [-0.3, -0.25) is 0 Å². The van der Waals surface area contributed by atoms with E-state index in [9.17, 15) is 0 Å². The van der Waals surface area contributed by atoms with E-state index in [0.29, 0.717) is 0 Å². The second-order valence-corrected chi connectivity index (χ2v) is 1.53. The highest BCUT2D eigenvalue weighted by molar-refractivity contribution is 4.84. The Kier molecular flexibility index (Phi) is 4.04. The van der Waals surface area contributed by atoms with Crippen molar-refractivity contribution in [3.8, 4) is 0 Å². The molecule has 0 aromatic heterocycles. The summed E-state index contributed by atoms with van der Waals surface area (Å²) in [4.78, 5) is 0. The van der Waals surface area contributed by atoms with E-state index >= 15 is 0 Å². The molecule has 0 bridgehead atoms. The maximum atomic E-state index is 4.96. The van der Waals surface area contributed by atoms with Crippen LogP contribution >= 0.6 is 0 Å². The molecule has 0 fully saturated rings. The molecule has 1 atom stereocenters. The first-order valence-electron chi connectivity index (χ1n) is 2.70. The molecule has 46 valence electrons. The van der Waals surface area contributed by atoms with Gasteiger partial charge in [-0.2, -0.15) is 0 Å². The zero-order chi connectivity index (χ0) is 6.41. The molecule has 1 heteroatoms. The van der Waals surface area contributed by atoms with Crippen LogP contribution in [-0.4, -0.2) is 6.10 Å². The van der Waals surface area contributed by atoms with E-state index in [-0.39, 0.29) is 6.10 Å². The van der Waals surface area contributed by atoms with E-state index in [4.69, 9.17) is 4.74 Å². The maximum Gasteiger partial charge on any atom is 0.113 e. The highest BCUT2D eigenvalue weighted by Gasteiger charge is 1.87. The van der Waals surface area contributed by atoms with Gasteiger partial charge < -0.3 is 4.74 Å². The van der Waals surface area contributed by atoms with E-state index in [1.807, 2.05) is 26.0 Å². The molecule has 0 aliphatic rings. The summed E-state index contributed by atoms with van der Waals surface area (Å²) in [5, 5.41) is 0. The molecule has 0 heterocycles. The number of allylic oxidation sites excluding steroid dienone is 1. The van der Waals surface area contributed by atoms with Crippen LogP contribution in [0.4, 0.5) is 0 Å². The normalized spacial score (nSPS) is 13.8. The third-order valence-electron chi connectivity index (χ3n) is 0.774. The molecular formula is C7H12O. The van der Waals surface area contributed by atoms with E-state index in [1.54, 1.807) is 0 Å². The fourth-order valence-corrected chi connectivity index (χ4v) is 0.468. The quantitative estimate of drug-likeness (QED) is 0.401. The van der Waals surface area contributed by atoms with Crippen LogP contribution in [0.2, 0.25) is 0 Å². The zero-order valence-corrected chi connectivity index (χ0v) is 5.42. The van der Waals surface area contributed by atoms with E-state index in [0.717, 1.165) is 0 Å². The van der Waals surface area contributed by atoms with Crippen LogP contribution in [-0.2, 0) is 4.74 Å². The van der Waals surface area contributed by atoms with Gasteiger partial charge in [0.1, 0.15) is 6.10 Å². The van der Waals surface area contributed by atoms with Gasteiger partial charge in [-0.05, 0) is 19.9 Å². The van der Waals surface area contributed by atoms with Gasteiger partial charge in [-0.1, -0.05) is 12.7 Å². The Morgan fingerprint density at radius 1 is 1.62 bits per heavy atom. The van der Waals surface area contributed by atoms with Gasteiger partial charge in [0, 0.05) is 0 Å². The lowest BCUT2D eigenvalue weighted by atomic mass is 10.4. The summed E-state index contributed by atoms with van der Waals surface area (Å²) >= 11 is 0. The molecule has 0 N–H and O–H groups in total. The Bertz CT molecular complexity index is 84.4. The molecular weight excluding hydrogens is 100 g/mol. The van der Waals surface area contributed by atoms with Crippen LogP contribution in [0.1, 0.15) is 13.8 Å². The van der Waals surface area contributed by atoms with Crippen LogP contribution in [0.25, 0.3) is 0 Å². The van der Waals surface area contributed by atoms with Crippen LogP contribution in [0.3, 0.4) is 0 Å². The largest absolute Gasteiger partial charge is 0.495 e. The second kappa shape index (κ2) is 4.44. The number of ether oxygens (including phenoxy) is 1. The monoisotopic (exact) mass is 112 g/mol. The lowest BCUT2D eigenvalue weighted by molar-refractivity contribution is 0.205. The zero-order valence-electron chi connectivity index (χ0n) is 5.42. The summed E-state index contributed by atoms with van der Waals surface area (Å²) in [6.07, 6.45) is 5.53. The first-order chi connectivity index (χ1) is 3.81. The van der Waals surface area contributed by atoms with Gasteiger partial charge in [0.15, 0.2) is 0 Å². The minimum atomic E-state index is 0.164. The Morgan fingerprint density at radius 3 is 2.62 bits per heavy atom. The Hall–Kier alpha value is -0.720. The van der Waals surface area contributed by atoms with E-state index in [1.165, 1.54) is 6.26 Å². The number of rotatable bonds is 3. The molecule has 0 amide bonds. The van der Waals surface area contributed by atoms with E-state index < -0.39 is 0 Å². The first-order valence-corrected chi connectivity index (χ1v) is 2.70. The van der Waals surface area contributed by atoms with Gasteiger partial charge in [0.2, 0.25) is 0 Å². The van der Waals surface area contributed by atoms with Gasteiger partial charge in [0.05, 0.1) is 6.26 Å². The third-order valence-corrected chi connectivity index (χ3v) is 0.774. The number of hydrogen-bond donors (Lipinski definition) is 0. The van der Waals surface area contributed by atoms with Crippen LogP contribution in [0.15, 0.2) is 25.0 Å². The summed E-state index contributed by atoms with van der Waals surface area (Å²) in [5.74, 6) is 0. The van der Waals surface area contributed by atoms with Crippen molar-refractivity contribution in [3.05, 3.63) is 25.0 Å². The standard InChI is InChI=1S/C7H12O/c1-4-6-7(3)8-5-2/h4-7H,2H2,1,3H3/b6-4-/t7-/m0/s1. The van der Waals surface area contributed by atoms with Crippen molar-refractivity contribution in [3.63, 3.8) is 0 Å². The predicted octanol–water partition coefficient (Wildman–Crippen LogP) is 2.11. The SMILES string of the molecule is C=CO[C@@H](C)/C=C\C. The van der Waals surface area contributed by atoms with Gasteiger partial charge >= 0.3 is 0 Å². The predicted molar refractivity (Wildman–Crippen MR) is 35.6 cm³/mol. The molecule has 8 heavy (non-hydrogen) atoms. The van der Waals surface area contributed by atoms with Crippen molar-refractivity contribution in [2.75, 3.05) is 0 Å². The third kappa shape index (κ3) is 3.47. The molecule has 0 spiro atoms. The molecule has 0 aromatic carbocycles. The summed E-state index contributed by atoms with van der Waals surface area (Å²) in [7, 11) is 0. The lowest BCUT2D eigenvalue weighted by Gasteiger charge is -2.02. The molecule has 0 rings (SSSR count). The first kappa shape index (κ1) is 7.28. The molecule has 0 aliphatic carbocycles. The average molecular weight is 112 g/mol.